The summed E-state index contributed by atoms with van der Waals surface area (Å²) < 4.78 is 0. The van der Waals surface area contributed by atoms with E-state index in [1.165, 1.54) is 0 Å². The number of nitrogens with zero attached hydrogens (tertiary/aromatic N) is 1. The summed E-state index contributed by atoms with van der Waals surface area (Å²) in [4.78, 5) is 36.1. The van der Waals surface area contributed by atoms with Gasteiger partial charge in [0, 0.05) is 24.3 Å². The topological polar surface area (TPSA) is 86.7 Å². The zero-order valence-corrected chi connectivity index (χ0v) is 10.8. The van der Waals surface area contributed by atoms with E-state index in [0.717, 1.165) is 11.3 Å². The summed E-state index contributed by atoms with van der Waals surface area (Å²) in [5, 5.41) is 11.7. The monoisotopic (exact) mass is 274 g/mol. The van der Waals surface area contributed by atoms with Gasteiger partial charge in [0.15, 0.2) is 0 Å². The van der Waals surface area contributed by atoms with Gasteiger partial charge >= 0.3 is 5.97 Å². The molecule has 0 bridgehead atoms. The Morgan fingerprint density at radius 3 is 2.85 bits per heavy atom. The highest BCUT2D eigenvalue weighted by Gasteiger charge is 2.31. The van der Waals surface area contributed by atoms with E-state index in [2.05, 4.69) is 5.32 Å². The third-order valence-corrected chi connectivity index (χ3v) is 3.80. The van der Waals surface area contributed by atoms with Crippen molar-refractivity contribution in [1.29, 1.82) is 0 Å². The van der Waals surface area contributed by atoms with Gasteiger partial charge in [-0.05, 0) is 30.2 Å². The van der Waals surface area contributed by atoms with Gasteiger partial charge in [-0.25, -0.2) is 0 Å². The minimum Gasteiger partial charge on any atom is -0.481 e. The molecule has 2 N–H and O–H groups in total. The number of carbonyl (C=O) groups excluding carboxylic acids is 2. The number of carboxylic acid groups (broad SMARTS) is 1. The summed E-state index contributed by atoms with van der Waals surface area (Å²) in [5.74, 6) is -1.58. The van der Waals surface area contributed by atoms with Crippen molar-refractivity contribution in [3.8, 4) is 0 Å². The molecule has 6 nitrogen and oxygen atoms in total. The van der Waals surface area contributed by atoms with Crippen LogP contribution in [0.1, 0.15) is 22.3 Å². The number of anilines is 1. The van der Waals surface area contributed by atoms with Gasteiger partial charge in [-0.15, -0.1) is 0 Å². The van der Waals surface area contributed by atoms with Crippen molar-refractivity contribution >= 4 is 23.5 Å². The first-order chi connectivity index (χ1) is 9.54. The molecule has 3 rings (SSSR count). The molecule has 1 unspecified atom stereocenters. The minimum absolute atomic E-state index is 0.0725. The molecule has 1 aromatic rings. The van der Waals surface area contributed by atoms with E-state index in [-0.39, 0.29) is 24.8 Å². The van der Waals surface area contributed by atoms with E-state index in [0.29, 0.717) is 18.5 Å². The Bertz CT molecular complexity index is 611. The van der Waals surface area contributed by atoms with Crippen LogP contribution >= 0.6 is 0 Å². The minimum atomic E-state index is -0.857. The van der Waals surface area contributed by atoms with Gasteiger partial charge in [-0.2, -0.15) is 0 Å². The molecule has 6 heteroatoms. The van der Waals surface area contributed by atoms with E-state index in [4.69, 9.17) is 5.11 Å². The second-order valence-corrected chi connectivity index (χ2v) is 5.17. The quantitative estimate of drug-likeness (QED) is 0.832. The third-order valence-electron chi connectivity index (χ3n) is 3.80. The van der Waals surface area contributed by atoms with Crippen molar-refractivity contribution in [2.24, 2.45) is 5.92 Å². The highest BCUT2D eigenvalue weighted by atomic mass is 16.4. The molecule has 0 spiro atoms. The second-order valence-electron chi connectivity index (χ2n) is 5.17. The summed E-state index contributed by atoms with van der Waals surface area (Å²) in [6.45, 7) is 0.715. The lowest BCUT2D eigenvalue weighted by Gasteiger charge is -2.16. The third kappa shape index (κ3) is 2.13. The number of nitrogens with one attached hydrogen (secondary N) is 1. The lowest BCUT2D eigenvalue weighted by molar-refractivity contribution is -0.141. The molecule has 104 valence electrons. The maximum Gasteiger partial charge on any atom is 0.308 e. The van der Waals surface area contributed by atoms with Gasteiger partial charge < -0.3 is 15.3 Å². The maximum absolute atomic E-state index is 12.3. The number of hydrogen-bond donors (Lipinski definition) is 2. The largest absolute Gasteiger partial charge is 0.481 e. The zero-order chi connectivity index (χ0) is 14.3. The van der Waals surface area contributed by atoms with Crippen molar-refractivity contribution in [2.75, 3.05) is 18.4 Å². The van der Waals surface area contributed by atoms with Crippen molar-refractivity contribution in [2.45, 2.75) is 12.8 Å². The Kier molecular flexibility index (Phi) is 2.93. The summed E-state index contributed by atoms with van der Waals surface area (Å²) in [6, 6.07) is 5.10. The van der Waals surface area contributed by atoms with E-state index in [1.807, 2.05) is 0 Å². The summed E-state index contributed by atoms with van der Waals surface area (Å²) in [5.41, 5.74) is 2.07. The SMILES string of the molecule is O=C1Cc2cc(C(=O)N3CCC(C(=O)O)C3)ccc2N1. The van der Waals surface area contributed by atoms with Gasteiger partial charge in [0.1, 0.15) is 0 Å². The molecule has 2 amide bonds. The standard InChI is InChI=1S/C14H14N2O4/c17-12-6-10-5-8(1-2-11(10)15-12)13(18)16-4-3-9(7-16)14(19)20/h1-2,5,9H,3-4,6-7H2,(H,15,17)(H,19,20). The van der Waals surface area contributed by atoms with Crippen molar-refractivity contribution < 1.29 is 19.5 Å². The first kappa shape index (κ1) is 12.7. The van der Waals surface area contributed by atoms with E-state index >= 15 is 0 Å². The number of hydrogen-bond acceptors (Lipinski definition) is 3. The van der Waals surface area contributed by atoms with Crippen LogP contribution in [0.3, 0.4) is 0 Å². The van der Waals surface area contributed by atoms with Gasteiger partial charge in [0.05, 0.1) is 12.3 Å². The van der Waals surface area contributed by atoms with Gasteiger partial charge in [-0.3, -0.25) is 14.4 Å². The molecule has 0 saturated carbocycles. The second kappa shape index (κ2) is 4.63. The van der Waals surface area contributed by atoms with Crippen LogP contribution in [0, 0.1) is 5.92 Å². The molecule has 2 aliphatic heterocycles. The number of carbonyl (C=O) groups is 3. The fourth-order valence-corrected chi connectivity index (χ4v) is 2.69. The molecule has 1 saturated heterocycles. The van der Waals surface area contributed by atoms with Gasteiger partial charge in [-0.1, -0.05) is 0 Å². The number of rotatable bonds is 2. The number of amides is 2. The highest BCUT2D eigenvalue weighted by molar-refractivity contribution is 6.01. The number of fused-ring (bicyclic) bond motifs is 1. The summed E-state index contributed by atoms with van der Waals surface area (Å²) >= 11 is 0. The van der Waals surface area contributed by atoms with Gasteiger partial charge in [0.25, 0.3) is 5.91 Å². The van der Waals surface area contributed by atoms with Crippen LogP contribution in [0.2, 0.25) is 0 Å². The zero-order valence-electron chi connectivity index (χ0n) is 10.8. The number of likely N-dealkylation sites (tertiary alicyclic amines) is 1. The van der Waals surface area contributed by atoms with Crippen molar-refractivity contribution in [3.63, 3.8) is 0 Å². The van der Waals surface area contributed by atoms with E-state index in [9.17, 15) is 14.4 Å². The van der Waals surface area contributed by atoms with Crippen LogP contribution in [-0.4, -0.2) is 40.9 Å². The normalized spacial score (nSPS) is 20.7. The van der Waals surface area contributed by atoms with Crippen molar-refractivity contribution in [3.05, 3.63) is 29.3 Å². The number of benzene rings is 1. The average molecular weight is 274 g/mol. The lowest BCUT2D eigenvalue weighted by atomic mass is 10.1. The fraction of sp³-hybridized carbons (Fsp3) is 0.357. The van der Waals surface area contributed by atoms with E-state index < -0.39 is 11.9 Å². The summed E-state index contributed by atoms with van der Waals surface area (Å²) in [6.07, 6.45) is 0.778. The Morgan fingerprint density at radius 2 is 2.15 bits per heavy atom. The number of aliphatic carboxylic acids is 1. The molecule has 2 aliphatic rings. The Labute approximate surface area is 115 Å². The average Bonchev–Trinajstić information content (AvgIpc) is 3.02. The fourth-order valence-electron chi connectivity index (χ4n) is 2.69. The van der Waals surface area contributed by atoms with Crippen molar-refractivity contribution in [1.82, 2.24) is 4.90 Å². The maximum atomic E-state index is 12.3. The van der Waals surface area contributed by atoms with Crippen LogP contribution in [-0.2, 0) is 16.0 Å². The lowest BCUT2D eigenvalue weighted by Crippen LogP contribution is -2.29. The molecule has 2 heterocycles. The molecule has 0 aliphatic carbocycles. The Balaban J connectivity index is 1.77. The smallest absolute Gasteiger partial charge is 0.308 e. The number of carboxylic acids is 1. The molecule has 20 heavy (non-hydrogen) atoms. The molecular weight excluding hydrogens is 260 g/mol. The van der Waals surface area contributed by atoms with Crippen LogP contribution in [0.5, 0.6) is 0 Å². The van der Waals surface area contributed by atoms with E-state index in [1.54, 1.807) is 23.1 Å². The molecule has 0 radical (unpaired) electrons. The molecular formula is C14H14N2O4. The van der Waals surface area contributed by atoms with Gasteiger partial charge in [0.2, 0.25) is 5.91 Å². The van der Waals surface area contributed by atoms with Crippen LogP contribution < -0.4 is 5.32 Å². The first-order valence-corrected chi connectivity index (χ1v) is 6.49. The molecule has 1 fully saturated rings. The molecule has 1 aromatic carbocycles. The van der Waals surface area contributed by atoms with Crippen LogP contribution in [0.15, 0.2) is 18.2 Å². The highest BCUT2D eigenvalue weighted by Crippen LogP contribution is 2.25. The Hall–Kier alpha value is -2.37. The summed E-state index contributed by atoms with van der Waals surface area (Å²) in [7, 11) is 0. The first-order valence-electron chi connectivity index (χ1n) is 6.49. The van der Waals surface area contributed by atoms with Crippen LogP contribution in [0.25, 0.3) is 0 Å². The van der Waals surface area contributed by atoms with Crippen LogP contribution in [0.4, 0.5) is 5.69 Å². The molecule has 0 aromatic heterocycles. The Morgan fingerprint density at radius 1 is 1.35 bits per heavy atom. The predicted octanol–water partition coefficient (Wildman–Crippen LogP) is 0.728. The predicted molar refractivity (Wildman–Crippen MR) is 70.4 cm³/mol. The molecule has 1 atom stereocenters.